The monoisotopic (exact) mass is 492 g/mol. The summed E-state index contributed by atoms with van der Waals surface area (Å²) in [5, 5.41) is 2.75. The number of carbonyl (C=O) groups excluding carboxylic acids is 3. The van der Waals surface area contributed by atoms with Gasteiger partial charge in [0.2, 0.25) is 5.43 Å². The number of ketones is 1. The number of hydrogen-bond donors (Lipinski definition) is 2. The van der Waals surface area contributed by atoms with Crippen LogP contribution in [0.1, 0.15) is 64.1 Å². The number of amides is 1. The quantitative estimate of drug-likeness (QED) is 0.197. The Kier molecular flexibility index (Phi) is 10.1. The van der Waals surface area contributed by atoms with Crippen molar-refractivity contribution in [1.29, 1.82) is 0 Å². The number of halogens is 1. The average molecular weight is 493 g/mol. The molecule has 0 spiro atoms. The number of hydrogen-bond acceptors (Lipinski definition) is 5. The molecule has 36 heavy (non-hydrogen) atoms. The van der Waals surface area contributed by atoms with Crippen LogP contribution in [0, 0.1) is 5.82 Å². The SMILES string of the molecule is O=CCCCCCNC(=O)c1[nH]cc(C(=O)CCc2ccc(F)cc2)c(=O)c1OCc1ccccc1. The first-order valence-corrected chi connectivity index (χ1v) is 11.9. The number of carbonyl (C=O) groups is 3. The number of unbranched alkanes of at least 4 members (excludes halogenated alkanes) is 3. The number of aromatic amines is 1. The van der Waals surface area contributed by atoms with Crippen molar-refractivity contribution in [1.82, 2.24) is 10.3 Å². The van der Waals surface area contributed by atoms with Crippen LogP contribution >= 0.6 is 0 Å². The first-order chi connectivity index (χ1) is 17.5. The molecule has 2 N–H and O–H groups in total. The van der Waals surface area contributed by atoms with Crippen molar-refractivity contribution in [2.75, 3.05) is 6.54 Å². The van der Waals surface area contributed by atoms with Crippen molar-refractivity contribution >= 4 is 18.0 Å². The number of nitrogens with one attached hydrogen (secondary N) is 2. The maximum Gasteiger partial charge on any atom is 0.271 e. The van der Waals surface area contributed by atoms with Crippen LogP contribution in [0.15, 0.2) is 65.6 Å². The molecule has 7 nitrogen and oxygen atoms in total. The third-order valence-corrected chi connectivity index (χ3v) is 5.63. The Bertz CT molecular complexity index is 1220. The summed E-state index contributed by atoms with van der Waals surface area (Å²) in [5.41, 5.74) is 0.742. The number of aryl methyl sites for hydroxylation is 1. The molecule has 0 saturated carbocycles. The van der Waals surface area contributed by atoms with E-state index in [1.165, 1.54) is 18.3 Å². The second-order valence-electron chi connectivity index (χ2n) is 8.33. The molecule has 0 aliphatic heterocycles. The van der Waals surface area contributed by atoms with Crippen molar-refractivity contribution < 1.29 is 23.5 Å². The van der Waals surface area contributed by atoms with E-state index in [1.54, 1.807) is 12.1 Å². The van der Waals surface area contributed by atoms with E-state index >= 15 is 0 Å². The molecule has 1 heterocycles. The number of H-pyrrole nitrogens is 1. The van der Waals surface area contributed by atoms with Gasteiger partial charge in [-0.05, 0) is 42.5 Å². The van der Waals surface area contributed by atoms with E-state index in [4.69, 9.17) is 4.74 Å². The molecule has 0 aliphatic carbocycles. The molecule has 0 saturated heterocycles. The Balaban J connectivity index is 1.76. The van der Waals surface area contributed by atoms with Gasteiger partial charge in [-0.1, -0.05) is 48.9 Å². The summed E-state index contributed by atoms with van der Waals surface area (Å²) in [6.45, 7) is 0.416. The normalized spacial score (nSPS) is 10.6. The maximum atomic E-state index is 13.2. The van der Waals surface area contributed by atoms with Crippen molar-refractivity contribution in [2.24, 2.45) is 0 Å². The van der Waals surface area contributed by atoms with Gasteiger partial charge in [0.1, 0.15) is 18.7 Å². The molecule has 0 unspecified atom stereocenters. The van der Waals surface area contributed by atoms with E-state index in [1.807, 2.05) is 30.3 Å². The zero-order chi connectivity index (χ0) is 25.8. The smallest absolute Gasteiger partial charge is 0.271 e. The molecule has 3 aromatic rings. The lowest BCUT2D eigenvalue weighted by atomic mass is 10.0. The van der Waals surface area contributed by atoms with Crippen molar-refractivity contribution in [3.05, 3.63) is 99.2 Å². The van der Waals surface area contributed by atoms with Crippen LogP contribution in [0.3, 0.4) is 0 Å². The van der Waals surface area contributed by atoms with E-state index in [2.05, 4.69) is 10.3 Å². The zero-order valence-corrected chi connectivity index (χ0v) is 19.9. The highest BCUT2D eigenvalue weighted by molar-refractivity contribution is 5.99. The number of ether oxygens (including phenoxy) is 1. The number of benzene rings is 2. The molecule has 1 amide bonds. The Morgan fingerprint density at radius 1 is 0.972 bits per heavy atom. The van der Waals surface area contributed by atoms with E-state index in [0.29, 0.717) is 25.8 Å². The molecule has 0 radical (unpaired) electrons. The van der Waals surface area contributed by atoms with E-state index < -0.39 is 17.1 Å². The second-order valence-corrected chi connectivity index (χ2v) is 8.33. The Morgan fingerprint density at radius 2 is 1.72 bits per heavy atom. The molecule has 2 aromatic carbocycles. The molecular weight excluding hydrogens is 463 g/mol. The van der Waals surface area contributed by atoms with Crippen molar-refractivity contribution in [2.45, 2.75) is 45.1 Å². The molecular formula is C28H29FN2O5. The van der Waals surface area contributed by atoms with Crippen LogP contribution in [0.25, 0.3) is 0 Å². The van der Waals surface area contributed by atoms with Gasteiger partial charge in [-0.3, -0.25) is 14.4 Å². The standard InChI is InChI=1S/C28H29FN2O5/c29-22-13-10-20(11-14-22)12-15-24(33)23-18-31-25(28(35)30-16-6-1-2-7-17-32)27(26(23)34)36-19-21-8-4-3-5-9-21/h3-5,8-11,13-14,17-18H,1-2,6-7,12,15-16,19H2,(H,30,35)(H,31,34). The van der Waals surface area contributed by atoms with Crippen LogP contribution < -0.4 is 15.5 Å². The average Bonchev–Trinajstić information content (AvgIpc) is 2.89. The number of Topliss-reactive ketones (excluding diaryl/α,β-unsaturated/α-hetero) is 1. The lowest BCUT2D eigenvalue weighted by Gasteiger charge is -2.13. The first-order valence-electron chi connectivity index (χ1n) is 11.9. The molecule has 8 heteroatoms. The number of rotatable bonds is 14. The molecule has 0 bridgehead atoms. The first kappa shape index (κ1) is 26.5. The summed E-state index contributed by atoms with van der Waals surface area (Å²) in [5.74, 6) is -1.51. The summed E-state index contributed by atoms with van der Waals surface area (Å²) in [6, 6.07) is 15.0. The third-order valence-electron chi connectivity index (χ3n) is 5.63. The van der Waals surface area contributed by atoms with Gasteiger partial charge in [0.15, 0.2) is 17.2 Å². The third kappa shape index (κ3) is 7.73. The number of aromatic nitrogens is 1. The van der Waals surface area contributed by atoms with Crippen LogP contribution in [0.5, 0.6) is 5.75 Å². The predicted molar refractivity (Wildman–Crippen MR) is 134 cm³/mol. The fourth-order valence-corrected chi connectivity index (χ4v) is 3.62. The van der Waals surface area contributed by atoms with Crippen molar-refractivity contribution in [3.8, 4) is 5.75 Å². The highest BCUT2D eigenvalue weighted by atomic mass is 19.1. The number of pyridine rings is 1. The van der Waals surface area contributed by atoms with Crippen LogP contribution in [0.4, 0.5) is 4.39 Å². The second kappa shape index (κ2) is 13.7. The van der Waals surface area contributed by atoms with Crippen LogP contribution in [0.2, 0.25) is 0 Å². The van der Waals surface area contributed by atoms with Crippen LogP contribution in [-0.4, -0.2) is 29.5 Å². The van der Waals surface area contributed by atoms with Gasteiger partial charge < -0.3 is 19.8 Å². The van der Waals surface area contributed by atoms with E-state index in [0.717, 1.165) is 30.3 Å². The van der Waals surface area contributed by atoms with Gasteiger partial charge >= 0.3 is 0 Å². The minimum Gasteiger partial charge on any atom is -0.483 e. The van der Waals surface area contributed by atoms with Gasteiger partial charge in [-0.2, -0.15) is 0 Å². The minimum absolute atomic E-state index is 0.0408. The Labute approximate surface area is 208 Å². The Morgan fingerprint density at radius 3 is 2.44 bits per heavy atom. The minimum atomic E-state index is -0.662. The van der Waals surface area contributed by atoms with Gasteiger partial charge in [0.05, 0.1) is 5.56 Å². The van der Waals surface area contributed by atoms with Crippen LogP contribution in [-0.2, 0) is 17.8 Å². The lowest BCUT2D eigenvalue weighted by Crippen LogP contribution is -2.29. The largest absolute Gasteiger partial charge is 0.483 e. The van der Waals surface area contributed by atoms with Gasteiger partial charge in [-0.25, -0.2) is 4.39 Å². The Hall–Kier alpha value is -4.07. The fraction of sp³-hybridized carbons (Fsp3) is 0.286. The zero-order valence-electron chi connectivity index (χ0n) is 19.9. The maximum absolute atomic E-state index is 13.2. The molecule has 3 rings (SSSR count). The summed E-state index contributed by atoms with van der Waals surface area (Å²) in [4.78, 5) is 52.1. The summed E-state index contributed by atoms with van der Waals surface area (Å²) >= 11 is 0. The van der Waals surface area contributed by atoms with Crippen molar-refractivity contribution in [3.63, 3.8) is 0 Å². The lowest BCUT2D eigenvalue weighted by molar-refractivity contribution is -0.107. The summed E-state index contributed by atoms with van der Waals surface area (Å²) in [7, 11) is 0. The predicted octanol–water partition coefficient (Wildman–Crippen LogP) is 4.40. The summed E-state index contributed by atoms with van der Waals surface area (Å²) < 4.78 is 18.9. The molecule has 1 aromatic heterocycles. The highest BCUT2D eigenvalue weighted by Crippen LogP contribution is 2.16. The van der Waals surface area contributed by atoms with Gasteiger partial charge in [-0.15, -0.1) is 0 Å². The van der Waals surface area contributed by atoms with Gasteiger partial charge in [0.25, 0.3) is 5.91 Å². The van der Waals surface area contributed by atoms with E-state index in [-0.39, 0.29) is 35.9 Å². The highest BCUT2D eigenvalue weighted by Gasteiger charge is 2.22. The molecule has 0 fully saturated rings. The molecule has 0 aliphatic rings. The topological polar surface area (TPSA) is 105 Å². The van der Waals surface area contributed by atoms with Gasteiger partial charge in [0, 0.05) is 25.6 Å². The molecule has 188 valence electrons. The fourth-order valence-electron chi connectivity index (χ4n) is 3.62. The summed E-state index contributed by atoms with van der Waals surface area (Å²) in [6.07, 6.45) is 5.18. The number of aldehydes is 1. The molecule has 0 atom stereocenters. The van der Waals surface area contributed by atoms with E-state index in [9.17, 15) is 23.6 Å².